The molecule has 9 heavy (non-hydrogen) atoms. The van der Waals surface area contributed by atoms with E-state index in [1.54, 1.807) is 0 Å². The van der Waals surface area contributed by atoms with E-state index in [4.69, 9.17) is 10.6 Å². The van der Waals surface area contributed by atoms with Gasteiger partial charge in [-0.1, -0.05) is 0 Å². The highest BCUT2D eigenvalue weighted by Crippen LogP contribution is 2.33. The lowest BCUT2D eigenvalue weighted by atomic mass is 9.83. The van der Waals surface area contributed by atoms with Gasteiger partial charge < -0.3 is 4.18 Å². The van der Waals surface area contributed by atoms with Crippen molar-refractivity contribution in [2.75, 3.05) is 0 Å². The van der Waals surface area contributed by atoms with Crippen molar-refractivity contribution in [2.24, 2.45) is 5.92 Å². The molecule has 0 aromatic rings. The van der Waals surface area contributed by atoms with Crippen LogP contribution in [0.4, 0.5) is 0 Å². The first-order chi connectivity index (χ1) is 4.36. The Morgan fingerprint density at radius 1 is 1.67 bits per heavy atom. The third-order valence-electron chi connectivity index (χ3n) is 1.50. The maximum absolute atomic E-state index is 5.22. The van der Waals surface area contributed by atoms with Gasteiger partial charge in [-0.3, -0.25) is 0 Å². The van der Waals surface area contributed by atoms with Crippen molar-refractivity contribution >= 4 is 30.4 Å². The van der Waals surface area contributed by atoms with Gasteiger partial charge in [0.05, 0.1) is 15.3 Å². The SMILES string of the molecule is C#C[C@H]1C[C@@H](OSI)C1. The summed E-state index contributed by atoms with van der Waals surface area (Å²) < 4.78 is 5.22. The third kappa shape index (κ3) is 2.03. The zero-order chi connectivity index (χ0) is 6.69. The minimum Gasteiger partial charge on any atom is -0.302 e. The molecule has 0 unspecified atom stereocenters. The lowest BCUT2D eigenvalue weighted by Gasteiger charge is -2.29. The second kappa shape index (κ2) is 3.69. The smallest absolute Gasteiger partial charge is 0.0755 e. The molecule has 0 heterocycles. The molecule has 3 heteroatoms. The molecule has 0 atom stereocenters. The fourth-order valence-electron chi connectivity index (χ4n) is 0.832. The molecule has 1 nitrogen and oxygen atoms in total. The topological polar surface area (TPSA) is 9.23 Å². The summed E-state index contributed by atoms with van der Waals surface area (Å²) in [5.41, 5.74) is 0. The van der Waals surface area contributed by atoms with Crippen LogP contribution in [0.25, 0.3) is 0 Å². The van der Waals surface area contributed by atoms with E-state index in [9.17, 15) is 0 Å². The number of hydrogen-bond donors (Lipinski definition) is 0. The first-order valence-corrected chi connectivity index (χ1v) is 6.05. The predicted molar refractivity (Wildman–Crippen MR) is 48.0 cm³/mol. The molecule has 1 saturated carbocycles. The molecule has 1 fully saturated rings. The number of terminal acetylenes is 1. The first-order valence-electron chi connectivity index (χ1n) is 2.77. The molecule has 0 bridgehead atoms. The Kier molecular flexibility index (Phi) is 3.16. The molecule has 0 radical (unpaired) electrons. The fraction of sp³-hybridized carbons (Fsp3) is 0.667. The van der Waals surface area contributed by atoms with Crippen molar-refractivity contribution in [3.05, 3.63) is 0 Å². The normalized spacial score (nSPS) is 32.9. The van der Waals surface area contributed by atoms with Crippen LogP contribution in [-0.2, 0) is 4.18 Å². The van der Waals surface area contributed by atoms with Gasteiger partial charge in [0.2, 0.25) is 0 Å². The monoisotopic (exact) mass is 254 g/mol. The van der Waals surface area contributed by atoms with E-state index in [1.807, 2.05) is 0 Å². The van der Waals surface area contributed by atoms with Crippen molar-refractivity contribution in [1.29, 1.82) is 0 Å². The molecule has 0 aromatic carbocycles. The van der Waals surface area contributed by atoms with Gasteiger partial charge in [0.15, 0.2) is 0 Å². The lowest BCUT2D eigenvalue weighted by molar-refractivity contribution is 0.116. The lowest BCUT2D eigenvalue weighted by Crippen LogP contribution is -2.27. The number of hydrogen-bond acceptors (Lipinski definition) is 2. The average Bonchev–Trinajstić information content (AvgIpc) is 1.77. The molecule has 0 N–H and O–H groups in total. The number of halogens is 1. The minimum absolute atomic E-state index is 0.424. The molecule has 1 rings (SSSR count). The maximum Gasteiger partial charge on any atom is 0.0755 e. The summed E-state index contributed by atoms with van der Waals surface area (Å²) in [5.74, 6) is 3.18. The van der Waals surface area contributed by atoms with Crippen LogP contribution in [0.15, 0.2) is 0 Å². The standard InChI is InChI=1S/C6H7IOS/c1-2-5-3-6(4-5)8-9-7/h1,5-6H,3-4H2/t5-,6+. The fourth-order valence-corrected chi connectivity index (χ4v) is 1.97. The molecule has 1 aliphatic rings. The van der Waals surface area contributed by atoms with Crippen molar-refractivity contribution in [1.82, 2.24) is 0 Å². The molecule has 0 saturated heterocycles. The van der Waals surface area contributed by atoms with Gasteiger partial charge in [-0.2, -0.15) is 0 Å². The van der Waals surface area contributed by atoms with Gasteiger partial charge in [-0.15, -0.1) is 12.3 Å². The van der Waals surface area contributed by atoms with E-state index in [0.717, 1.165) is 12.8 Å². The summed E-state index contributed by atoms with van der Waals surface area (Å²) in [4.78, 5) is 0. The van der Waals surface area contributed by atoms with E-state index in [-0.39, 0.29) is 0 Å². The Labute approximate surface area is 71.7 Å². The molecule has 50 valence electrons. The Morgan fingerprint density at radius 3 is 2.78 bits per heavy atom. The van der Waals surface area contributed by atoms with Gasteiger partial charge in [0, 0.05) is 27.1 Å². The number of rotatable bonds is 2. The van der Waals surface area contributed by atoms with Gasteiger partial charge in [0.25, 0.3) is 0 Å². The van der Waals surface area contributed by atoms with Crippen LogP contribution >= 0.6 is 30.4 Å². The van der Waals surface area contributed by atoms with Crippen LogP contribution < -0.4 is 0 Å². The molecule has 0 aliphatic heterocycles. The largest absolute Gasteiger partial charge is 0.302 e. The van der Waals surface area contributed by atoms with Crippen molar-refractivity contribution < 1.29 is 4.18 Å². The predicted octanol–water partition coefficient (Wildman–Crippen LogP) is 2.41. The Hall–Kier alpha value is 0.600. The quantitative estimate of drug-likeness (QED) is 0.425. The third-order valence-corrected chi connectivity index (χ3v) is 2.47. The van der Waals surface area contributed by atoms with Gasteiger partial charge >= 0.3 is 0 Å². The van der Waals surface area contributed by atoms with Crippen LogP contribution in [0.5, 0.6) is 0 Å². The van der Waals surface area contributed by atoms with E-state index in [1.165, 1.54) is 9.21 Å². The van der Waals surface area contributed by atoms with Crippen molar-refractivity contribution in [3.8, 4) is 12.3 Å². The summed E-state index contributed by atoms with van der Waals surface area (Å²) in [7, 11) is 1.40. The highest BCUT2D eigenvalue weighted by atomic mass is 127. The highest BCUT2D eigenvalue weighted by molar-refractivity contribution is 14.2. The van der Waals surface area contributed by atoms with Crippen LogP contribution in [-0.4, -0.2) is 6.10 Å². The molecule has 0 aromatic heterocycles. The zero-order valence-corrected chi connectivity index (χ0v) is 7.81. The summed E-state index contributed by atoms with van der Waals surface area (Å²) in [6.07, 6.45) is 7.70. The van der Waals surface area contributed by atoms with E-state index < -0.39 is 0 Å². The molecular formula is C6H7IOS. The van der Waals surface area contributed by atoms with Gasteiger partial charge in [-0.05, 0) is 12.8 Å². The van der Waals surface area contributed by atoms with Crippen LogP contribution in [0, 0.1) is 18.3 Å². The Balaban J connectivity index is 2.06. The molecule has 1 aliphatic carbocycles. The van der Waals surface area contributed by atoms with Gasteiger partial charge in [-0.25, -0.2) is 0 Å². The summed E-state index contributed by atoms with van der Waals surface area (Å²) in [6.45, 7) is 0. The average molecular weight is 254 g/mol. The Bertz CT molecular complexity index is 126. The second-order valence-corrected chi connectivity index (χ2v) is 3.51. The highest BCUT2D eigenvalue weighted by Gasteiger charge is 2.28. The maximum atomic E-state index is 5.22. The van der Waals surface area contributed by atoms with E-state index in [0.29, 0.717) is 12.0 Å². The van der Waals surface area contributed by atoms with Crippen LogP contribution in [0.1, 0.15) is 12.8 Å². The van der Waals surface area contributed by atoms with Crippen LogP contribution in [0.2, 0.25) is 0 Å². The van der Waals surface area contributed by atoms with Crippen molar-refractivity contribution in [3.63, 3.8) is 0 Å². The first kappa shape index (κ1) is 7.70. The van der Waals surface area contributed by atoms with E-state index in [2.05, 4.69) is 27.1 Å². The zero-order valence-electron chi connectivity index (χ0n) is 4.84. The Morgan fingerprint density at radius 2 is 2.33 bits per heavy atom. The summed E-state index contributed by atoms with van der Waals surface area (Å²) in [5, 5.41) is 0. The van der Waals surface area contributed by atoms with E-state index >= 15 is 0 Å². The molecule has 0 spiro atoms. The minimum atomic E-state index is 0.424. The van der Waals surface area contributed by atoms with Gasteiger partial charge in [0.1, 0.15) is 0 Å². The molecule has 0 amide bonds. The summed E-state index contributed by atoms with van der Waals surface area (Å²) in [6, 6.07) is 0. The van der Waals surface area contributed by atoms with Crippen molar-refractivity contribution in [2.45, 2.75) is 18.9 Å². The summed E-state index contributed by atoms with van der Waals surface area (Å²) >= 11 is 2.12. The second-order valence-electron chi connectivity index (χ2n) is 2.12. The van der Waals surface area contributed by atoms with Crippen LogP contribution in [0.3, 0.4) is 0 Å². The molecular weight excluding hydrogens is 247 g/mol.